The highest BCUT2D eigenvalue weighted by atomic mass is 16.5. The number of hydrogen-bond donors (Lipinski definition) is 0. The second-order valence-electron chi connectivity index (χ2n) is 6.53. The van der Waals surface area contributed by atoms with Gasteiger partial charge in [0.25, 0.3) is 0 Å². The van der Waals surface area contributed by atoms with Crippen LogP contribution in [0.2, 0.25) is 0 Å². The average Bonchev–Trinajstić information content (AvgIpc) is 2.16. The molecule has 96 valence electrons. The van der Waals surface area contributed by atoms with Crippen molar-refractivity contribution in [1.82, 2.24) is 4.90 Å². The molecule has 16 heavy (non-hydrogen) atoms. The molecule has 2 heteroatoms. The van der Waals surface area contributed by atoms with E-state index < -0.39 is 0 Å². The molecular formula is C14H29NO. The van der Waals surface area contributed by atoms with Crippen LogP contribution in [0.15, 0.2) is 0 Å². The molecular weight excluding hydrogens is 198 g/mol. The minimum Gasteiger partial charge on any atom is -0.377 e. The molecule has 0 aromatic carbocycles. The first kappa shape index (κ1) is 14.0. The van der Waals surface area contributed by atoms with E-state index >= 15 is 0 Å². The Morgan fingerprint density at radius 1 is 1.19 bits per heavy atom. The molecule has 2 atom stereocenters. The molecule has 0 bridgehead atoms. The van der Waals surface area contributed by atoms with Gasteiger partial charge in [-0.2, -0.15) is 0 Å². The van der Waals surface area contributed by atoms with Crippen molar-refractivity contribution in [3.05, 3.63) is 0 Å². The number of hydrogen-bond acceptors (Lipinski definition) is 2. The summed E-state index contributed by atoms with van der Waals surface area (Å²) < 4.78 is 5.98. The van der Waals surface area contributed by atoms with Gasteiger partial charge < -0.3 is 9.64 Å². The lowest BCUT2D eigenvalue weighted by molar-refractivity contribution is -0.0110. The van der Waals surface area contributed by atoms with Crippen LogP contribution in [0.1, 0.15) is 46.5 Å². The molecule has 2 unspecified atom stereocenters. The molecule has 1 rings (SSSR count). The van der Waals surface area contributed by atoms with Crippen LogP contribution in [0, 0.1) is 11.3 Å². The summed E-state index contributed by atoms with van der Waals surface area (Å²) in [5.41, 5.74) is 0.448. The molecule has 1 aliphatic rings. The SMILES string of the molecule is CN(C)CCOC1CCCC(C(C)(C)C)C1. The van der Waals surface area contributed by atoms with Crippen LogP contribution < -0.4 is 0 Å². The van der Waals surface area contributed by atoms with Crippen LogP contribution in [0.25, 0.3) is 0 Å². The van der Waals surface area contributed by atoms with Crippen molar-refractivity contribution < 1.29 is 4.74 Å². The van der Waals surface area contributed by atoms with Gasteiger partial charge in [-0.3, -0.25) is 0 Å². The highest BCUT2D eigenvalue weighted by Gasteiger charge is 2.30. The van der Waals surface area contributed by atoms with Crippen LogP contribution in [0.5, 0.6) is 0 Å². The number of ether oxygens (including phenoxy) is 1. The van der Waals surface area contributed by atoms with Crippen molar-refractivity contribution >= 4 is 0 Å². The Morgan fingerprint density at radius 3 is 2.44 bits per heavy atom. The Labute approximate surface area is 101 Å². The second kappa shape index (κ2) is 6.02. The zero-order valence-corrected chi connectivity index (χ0v) is 11.8. The summed E-state index contributed by atoms with van der Waals surface area (Å²) in [6, 6.07) is 0. The van der Waals surface area contributed by atoms with Gasteiger partial charge in [0, 0.05) is 6.54 Å². The lowest BCUT2D eigenvalue weighted by Crippen LogP contribution is -2.32. The molecule has 0 aliphatic heterocycles. The Kier molecular flexibility index (Phi) is 5.26. The summed E-state index contributed by atoms with van der Waals surface area (Å²) in [4.78, 5) is 2.18. The summed E-state index contributed by atoms with van der Waals surface area (Å²) in [7, 11) is 4.20. The number of likely N-dealkylation sites (N-methyl/N-ethyl adjacent to an activating group) is 1. The van der Waals surface area contributed by atoms with Crippen LogP contribution in [0.4, 0.5) is 0 Å². The van der Waals surface area contributed by atoms with Gasteiger partial charge in [-0.25, -0.2) is 0 Å². The molecule has 2 nitrogen and oxygen atoms in total. The van der Waals surface area contributed by atoms with E-state index in [-0.39, 0.29) is 0 Å². The Bertz CT molecular complexity index is 195. The maximum absolute atomic E-state index is 5.98. The van der Waals surface area contributed by atoms with Gasteiger partial charge in [0.05, 0.1) is 12.7 Å². The van der Waals surface area contributed by atoms with Gasteiger partial charge in [-0.1, -0.05) is 27.2 Å². The van der Waals surface area contributed by atoms with Gasteiger partial charge in [-0.15, -0.1) is 0 Å². The fourth-order valence-corrected chi connectivity index (χ4v) is 2.48. The molecule has 1 saturated carbocycles. The van der Waals surface area contributed by atoms with Gasteiger partial charge in [0.2, 0.25) is 0 Å². The van der Waals surface area contributed by atoms with Crippen molar-refractivity contribution in [3.63, 3.8) is 0 Å². The quantitative estimate of drug-likeness (QED) is 0.731. The smallest absolute Gasteiger partial charge is 0.0596 e. The van der Waals surface area contributed by atoms with Crippen molar-refractivity contribution in [2.75, 3.05) is 27.2 Å². The highest BCUT2D eigenvalue weighted by Crippen LogP contribution is 2.38. The fraction of sp³-hybridized carbons (Fsp3) is 1.00. The minimum atomic E-state index is 0.448. The first-order valence-corrected chi connectivity index (χ1v) is 6.66. The minimum absolute atomic E-state index is 0.448. The maximum atomic E-state index is 5.98. The molecule has 1 fully saturated rings. The number of nitrogens with zero attached hydrogens (tertiary/aromatic N) is 1. The van der Waals surface area contributed by atoms with Crippen molar-refractivity contribution in [2.45, 2.75) is 52.6 Å². The summed E-state index contributed by atoms with van der Waals surface area (Å²) in [6.07, 6.45) is 5.76. The van der Waals surface area contributed by atoms with Gasteiger partial charge in [-0.05, 0) is 44.7 Å². The molecule has 0 saturated heterocycles. The number of rotatable bonds is 4. The molecule has 0 aromatic rings. The topological polar surface area (TPSA) is 12.5 Å². The van der Waals surface area contributed by atoms with Crippen molar-refractivity contribution in [3.8, 4) is 0 Å². The van der Waals surface area contributed by atoms with E-state index in [1.807, 2.05) is 0 Å². The van der Waals surface area contributed by atoms with Gasteiger partial charge in [0.15, 0.2) is 0 Å². The fourth-order valence-electron chi connectivity index (χ4n) is 2.48. The van der Waals surface area contributed by atoms with Gasteiger partial charge >= 0.3 is 0 Å². The Hall–Kier alpha value is -0.0800. The first-order valence-electron chi connectivity index (χ1n) is 6.66. The van der Waals surface area contributed by atoms with E-state index in [9.17, 15) is 0 Å². The standard InChI is InChI=1S/C14H29NO/c1-14(2,3)12-7-6-8-13(11-12)16-10-9-15(4)5/h12-13H,6-11H2,1-5H3. The summed E-state index contributed by atoms with van der Waals surface area (Å²) in [5, 5.41) is 0. The normalized spacial score (nSPS) is 27.4. The van der Waals surface area contributed by atoms with Crippen molar-refractivity contribution in [1.29, 1.82) is 0 Å². The van der Waals surface area contributed by atoms with Crippen LogP contribution in [0.3, 0.4) is 0 Å². The third-order valence-electron chi connectivity index (χ3n) is 3.74. The van der Waals surface area contributed by atoms with E-state index in [1.165, 1.54) is 25.7 Å². The summed E-state index contributed by atoms with van der Waals surface area (Å²) in [6.45, 7) is 9.00. The van der Waals surface area contributed by atoms with E-state index in [0.717, 1.165) is 19.1 Å². The Morgan fingerprint density at radius 2 is 1.88 bits per heavy atom. The molecule has 0 radical (unpaired) electrons. The zero-order chi connectivity index (χ0) is 12.2. The van der Waals surface area contributed by atoms with E-state index in [2.05, 4.69) is 39.8 Å². The molecule has 0 spiro atoms. The van der Waals surface area contributed by atoms with E-state index in [4.69, 9.17) is 4.74 Å². The van der Waals surface area contributed by atoms with Crippen LogP contribution in [-0.2, 0) is 4.74 Å². The van der Waals surface area contributed by atoms with Crippen LogP contribution >= 0.6 is 0 Å². The predicted octanol–water partition coefficient (Wildman–Crippen LogP) is 3.17. The van der Waals surface area contributed by atoms with Crippen molar-refractivity contribution in [2.24, 2.45) is 11.3 Å². The summed E-state index contributed by atoms with van der Waals surface area (Å²) in [5.74, 6) is 0.839. The second-order valence-corrected chi connectivity index (χ2v) is 6.53. The average molecular weight is 227 g/mol. The van der Waals surface area contributed by atoms with Gasteiger partial charge in [0.1, 0.15) is 0 Å². The van der Waals surface area contributed by atoms with E-state index in [1.54, 1.807) is 0 Å². The highest BCUT2D eigenvalue weighted by molar-refractivity contribution is 4.81. The largest absolute Gasteiger partial charge is 0.377 e. The maximum Gasteiger partial charge on any atom is 0.0596 e. The molecule has 1 aliphatic carbocycles. The third kappa shape index (κ3) is 4.84. The van der Waals surface area contributed by atoms with E-state index in [0.29, 0.717) is 11.5 Å². The summed E-state index contributed by atoms with van der Waals surface area (Å²) >= 11 is 0. The predicted molar refractivity (Wildman–Crippen MR) is 69.7 cm³/mol. The Balaban J connectivity index is 2.28. The lowest BCUT2D eigenvalue weighted by Gasteiger charge is -2.37. The molecule has 0 N–H and O–H groups in total. The first-order chi connectivity index (χ1) is 7.39. The zero-order valence-electron chi connectivity index (χ0n) is 11.8. The molecule has 0 heterocycles. The molecule has 0 amide bonds. The lowest BCUT2D eigenvalue weighted by atomic mass is 9.71. The monoisotopic (exact) mass is 227 g/mol. The molecule has 0 aromatic heterocycles. The third-order valence-corrected chi connectivity index (χ3v) is 3.74. The van der Waals surface area contributed by atoms with Crippen LogP contribution in [-0.4, -0.2) is 38.3 Å².